The summed E-state index contributed by atoms with van der Waals surface area (Å²) in [6.07, 6.45) is 3.63. The zero-order chi connectivity index (χ0) is 7.82. The van der Waals surface area contributed by atoms with Crippen LogP contribution in [0.4, 0.5) is 4.79 Å². The van der Waals surface area contributed by atoms with Crippen LogP contribution < -0.4 is 27.4 Å². The van der Waals surface area contributed by atoms with Crippen molar-refractivity contribution in [2.24, 2.45) is 0 Å². The molecular formula is C6H15BrN2OS. The Hall–Kier alpha value is 0.260. The van der Waals surface area contributed by atoms with Crippen LogP contribution in [0, 0.1) is 0 Å². The molecule has 0 aromatic heterocycles. The topological polar surface area (TPSA) is 56.7 Å². The second kappa shape index (κ2) is 10.3. The number of carbonyl (C=O) groups is 1. The Bertz CT molecular complexity index is 103. The van der Waals surface area contributed by atoms with Gasteiger partial charge in [-0.1, -0.05) is 19.8 Å². The molecular weight excluding hydrogens is 228 g/mol. The Balaban J connectivity index is 0. The van der Waals surface area contributed by atoms with Gasteiger partial charge in [0, 0.05) is 5.75 Å². The summed E-state index contributed by atoms with van der Waals surface area (Å²) in [5, 5.41) is 0. The van der Waals surface area contributed by atoms with Gasteiger partial charge in [-0.05, 0) is 18.4 Å². The van der Waals surface area contributed by atoms with E-state index in [1.54, 1.807) is 0 Å². The van der Waals surface area contributed by atoms with Crippen LogP contribution in [0.25, 0.3) is 0 Å². The van der Waals surface area contributed by atoms with Gasteiger partial charge in [-0.25, -0.2) is 9.52 Å². The number of hydrogen-bond donors (Lipinski definition) is 2. The molecule has 68 valence electrons. The fraction of sp³-hybridized carbons (Fsp3) is 0.833. The van der Waals surface area contributed by atoms with Crippen LogP contribution >= 0.6 is 11.9 Å². The van der Waals surface area contributed by atoms with Crippen LogP contribution in [0.5, 0.6) is 0 Å². The minimum Gasteiger partial charge on any atom is -1.00 e. The van der Waals surface area contributed by atoms with Crippen LogP contribution in [0.15, 0.2) is 0 Å². The molecule has 0 unspecified atom stereocenters. The standard InChI is InChI=1S/C6H14N2OS.BrH/c1-2-3-4-5-10-8-6(7)9;/h2-5H2,1H3,(H3,7,8,9);1H. The molecule has 0 heterocycles. The fourth-order valence-electron chi connectivity index (χ4n) is 0.556. The Labute approximate surface area is 82.4 Å². The monoisotopic (exact) mass is 242 g/mol. The zero-order valence-corrected chi connectivity index (χ0v) is 9.13. The van der Waals surface area contributed by atoms with Crippen LogP contribution in [-0.2, 0) is 0 Å². The van der Waals surface area contributed by atoms with Crippen LogP contribution in [0.3, 0.4) is 0 Å². The first kappa shape index (κ1) is 13.8. The van der Waals surface area contributed by atoms with Gasteiger partial charge in [-0.3, -0.25) is 5.73 Å². The minimum absolute atomic E-state index is 0. The van der Waals surface area contributed by atoms with E-state index in [1.807, 2.05) is 0 Å². The summed E-state index contributed by atoms with van der Waals surface area (Å²) in [5.74, 6) is 0.995. The first-order valence-corrected chi connectivity index (χ1v) is 4.49. The van der Waals surface area contributed by atoms with Crippen molar-refractivity contribution in [1.29, 1.82) is 0 Å². The van der Waals surface area contributed by atoms with Crippen molar-refractivity contribution in [3.05, 3.63) is 0 Å². The maximum Gasteiger partial charge on any atom is 0.421 e. The maximum absolute atomic E-state index is 10.2. The van der Waals surface area contributed by atoms with E-state index in [1.165, 1.54) is 31.2 Å². The average molecular weight is 243 g/mol. The van der Waals surface area contributed by atoms with E-state index >= 15 is 0 Å². The lowest BCUT2D eigenvalue weighted by molar-refractivity contribution is -0.247. The zero-order valence-electron chi connectivity index (χ0n) is 6.73. The van der Waals surface area contributed by atoms with Crippen molar-refractivity contribution in [2.45, 2.75) is 26.2 Å². The van der Waals surface area contributed by atoms with Crippen molar-refractivity contribution in [3.63, 3.8) is 0 Å². The first-order chi connectivity index (χ1) is 4.77. The van der Waals surface area contributed by atoms with Crippen molar-refractivity contribution in [3.8, 4) is 0 Å². The Morgan fingerprint density at radius 2 is 2.18 bits per heavy atom. The summed E-state index contributed by atoms with van der Waals surface area (Å²) in [6, 6.07) is -0.207. The largest absolute Gasteiger partial charge is 1.00 e. The van der Waals surface area contributed by atoms with Gasteiger partial charge >= 0.3 is 6.03 Å². The molecule has 0 aliphatic heterocycles. The van der Waals surface area contributed by atoms with E-state index in [4.69, 9.17) is 0 Å². The highest BCUT2D eigenvalue weighted by atomic mass is 79.9. The molecule has 0 saturated carbocycles. The van der Waals surface area contributed by atoms with Crippen LogP contribution in [0.2, 0.25) is 0 Å². The number of rotatable bonds is 5. The Morgan fingerprint density at radius 3 is 2.64 bits per heavy atom. The maximum atomic E-state index is 10.2. The van der Waals surface area contributed by atoms with E-state index < -0.39 is 0 Å². The molecule has 0 fully saturated rings. The van der Waals surface area contributed by atoms with Crippen molar-refractivity contribution in [1.82, 2.24) is 4.72 Å². The molecule has 0 rings (SSSR count). The number of urea groups is 1. The molecule has 5 heteroatoms. The highest BCUT2D eigenvalue weighted by Gasteiger charge is 1.93. The summed E-state index contributed by atoms with van der Waals surface area (Å²) < 4.78 is 2.57. The molecule has 0 aromatic carbocycles. The second-order valence-electron chi connectivity index (χ2n) is 2.08. The van der Waals surface area contributed by atoms with E-state index in [0.29, 0.717) is 0 Å². The van der Waals surface area contributed by atoms with Gasteiger partial charge < -0.3 is 17.0 Å². The molecule has 0 aliphatic carbocycles. The number of hydrogen-bond acceptors (Lipinski definition) is 2. The lowest BCUT2D eigenvalue weighted by Gasteiger charge is -1.96. The highest BCUT2D eigenvalue weighted by Crippen LogP contribution is 2.00. The number of amides is 2. The third kappa shape index (κ3) is 13.3. The fourth-order valence-corrected chi connectivity index (χ4v) is 1.17. The smallest absolute Gasteiger partial charge is 0.421 e. The van der Waals surface area contributed by atoms with Crippen LogP contribution in [-0.4, -0.2) is 11.8 Å². The molecule has 2 amide bonds. The summed E-state index contributed by atoms with van der Waals surface area (Å²) in [4.78, 5) is 10.2. The molecule has 0 radical (unpaired) electrons. The highest BCUT2D eigenvalue weighted by molar-refractivity contribution is 7.97. The lowest BCUT2D eigenvalue weighted by Crippen LogP contribution is -3.00. The number of quaternary nitrogens is 1. The second-order valence-corrected chi connectivity index (χ2v) is 2.98. The first-order valence-electron chi connectivity index (χ1n) is 3.51. The molecule has 0 atom stereocenters. The lowest BCUT2D eigenvalue weighted by atomic mass is 10.3. The molecule has 4 N–H and O–H groups in total. The van der Waals surface area contributed by atoms with Gasteiger partial charge in [0.05, 0.1) is 0 Å². The molecule has 3 nitrogen and oxygen atoms in total. The van der Waals surface area contributed by atoms with Crippen molar-refractivity contribution in [2.75, 3.05) is 5.75 Å². The van der Waals surface area contributed by atoms with Gasteiger partial charge in [0.15, 0.2) is 0 Å². The van der Waals surface area contributed by atoms with Gasteiger partial charge in [-0.2, -0.15) is 0 Å². The van der Waals surface area contributed by atoms with Crippen LogP contribution in [0.1, 0.15) is 26.2 Å². The summed E-state index contributed by atoms with van der Waals surface area (Å²) >= 11 is 1.44. The third-order valence-corrected chi connectivity index (χ3v) is 1.90. The SMILES string of the molecule is CCCCCSNC([NH3+])=O.[Br-]. The van der Waals surface area contributed by atoms with Gasteiger partial charge in [0.2, 0.25) is 0 Å². The van der Waals surface area contributed by atoms with E-state index in [9.17, 15) is 4.79 Å². The number of carbonyl (C=O) groups excluding carboxylic acids is 1. The normalized spacial score (nSPS) is 8.55. The third-order valence-electron chi connectivity index (χ3n) is 1.04. The van der Waals surface area contributed by atoms with Gasteiger partial charge in [0.25, 0.3) is 0 Å². The minimum atomic E-state index is -0.207. The number of nitrogens with one attached hydrogen (secondary N) is 1. The predicted octanol–water partition coefficient (Wildman–Crippen LogP) is -2.22. The quantitative estimate of drug-likeness (QED) is 0.424. The van der Waals surface area contributed by atoms with Crippen molar-refractivity contribution >= 4 is 18.0 Å². The Morgan fingerprint density at radius 1 is 1.55 bits per heavy atom. The van der Waals surface area contributed by atoms with E-state index in [2.05, 4.69) is 17.4 Å². The molecule has 0 aliphatic rings. The number of halogens is 1. The Kier molecular flexibility index (Phi) is 12.9. The molecule has 0 saturated heterocycles. The number of unbranched alkanes of at least 4 members (excludes halogenated alkanes) is 2. The summed E-state index contributed by atoms with van der Waals surface area (Å²) in [6.45, 7) is 2.16. The molecule has 0 aromatic rings. The average Bonchev–Trinajstić information content (AvgIpc) is 1.87. The van der Waals surface area contributed by atoms with E-state index in [-0.39, 0.29) is 23.0 Å². The molecule has 0 bridgehead atoms. The van der Waals surface area contributed by atoms with Crippen molar-refractivity contribution < 1.29 is 27.5 Å². The van der Waals surface area contributed by atoms with Gasteiger partial charge in [0.1, 0.15) is 0 Å². The summed E-state index contributed by atoms with van der Waals surface area (Å²) in [7, 11) is 0. The molecule has 11 heavy (non-hydrogen) atoms. The summed E-state index contributed by atoms with van der Waals surface area (Å²) in [5.41, 5.74) is 3.19. The molecule has 0 spiro atoms. The van der Waals surface area contributed by atoms with E-state index in [0.717, 1.165) is 5.75 Å². The predicted molar refractivity (Wildman–Crippen MR) is 43.4 cm³/mol. The van der Waals surface area contributed by atoms with Gasteiger partial charge in [-0.15, -0.1) is 0 Å².